The molecule has 0 aliphatic carbocycles. The maximum absolute atomic E-state index is 9.99. The van der Waals surface area contributed by atoms with Crippen LogP contribution in [0, 0.1) is 0 Å². The van der Waals surface area contributed by atoms with E-state index in [1.165, 1.54) is 32.8 Å². The molecule has 32 heavy (non-hydrogen) atoms. The summed E-state index contributed by atoms with van der Waals surface area (Å²) in [6.07, 6.45) is 1.62. The summed E-state index contributed by atoms with van der Waals surface area (Å²) in [5.41, 5.74) is 0. The highest BCUT2D eigenvalue weighted by atomic mass is 32.2. The van der Waals surface area contributed by atoms with Crippen LogP contribution in [0.3, 0.4) is 0 Å². The van der Waals surface area contributed by atoms with Gasteiger partial charge in [0.25, 0.3) is 0 Å². The van der Waals surface area contributed by atoms with Gasteiger partial charge in [0.2, 0.25) is 0 Å². The molecule has 2 nitrogen and oxygen atoms in total. The molecule has 1 aliphatic rings. The molecule has 3 atom stereocenters. The molecule has 0 saturated carbocycles. The van der Waals surface area contributed by atoms with Gasteiger partial charge in [-0.1, -0.05) is 36.4 Å². The molecule has 1 fully saturated rings. The highest BCUT2D eigenvalue weighted by molar-refractivity contribution is 8.08. The first-order chi connectivity index (χ1) is 15.7. The Labute approximate surface area is 219 Å². The van der Waals surface area contributed by atoms with Gasteiger partial charge in [0.05, 0.1) is 12.2 Å². The quantitative estimate of drug-likeness (QED) is 0.304. The molecule has 0 amide bonds. The van der Waals surface area contributed by atoms with Gasteiger partial charge in [-0.15, -0.1) is 23.5 Å². The number of aliphatic hydroxyl groups is 2. The highest BCUT2D eigenvalue weighted by Gasteiger charge is 2.15. The van der Waals surface area contributed by atoms with Crippen molar-refractivity contribution in [2.75, 3.05) is 52.3 Å². The summed E-state index contributed by atoms with van der Waals surface area (Å²) >= 11 is 11.2. The third-order valence-electron chi connectivity index (χ3n) is 4.23. The Morgan fingerprint density at radius 2 is 1.38 bits per heavy atom. The molecular weight excluding hydrogens is 513 g/mol. The molecule has 3 rings (SSSR count). The Kier molecular flexibility index (Phi) is 16.8. The van der Waals surface area contributed by atoms with E-state index in [-0.39, 0.29) is 12.2 Å². The van der Waals surface area contributed by atoms with Crippen molar-refractivity contribution < 1.29 is 10.2 Å². The molecule has 3 unspecified atom stereocenters. The maximum atomic E-state index is 9.99. The normalized spacial score (nSPS) is 17.8. The van der Waals surface area contributed by atoms with E-state index in [2.05, 4.69) is 47.8 Å². The molecule has 0 aromatic heterocycles. The van der Waals surface area contributed by atoms with E-state index < -0.39 is 0 Å². The standard InChI is InChI=1S/C14H20OS4.C10H14OS2/c15-12(9-19-13-4-2-1-3-5-13)8-17-11-14-10-16-6-7-18-14;1-12-7-9(11)8-13-10-5-3-2-4-6-10/h1-5,12,14-15H,6-11H2;2-6,9,11H,7-8H2,1H3. The van der Waals surface area contributed by atoms with E-state index in [4.69, 9.17) is 0 Å². The monoisotopic (exact) mass is 546 g/mol. The zero-order chi connectivity index (χ0) is 22.9. The van der Waals surface area contributed by atoms with Crippen LogP contribution in [0.1, 0.15) is 0 Å². The molecule has 2 aromatic carbocycles. The van der Waals surface area contributed by atoms with Gasteiger partial charge in [-0.05, 0) is 30.5 Å². The summed E-state index contributed by atoms with van der Waals surface area (Å²) in [4.78, 5) is 2.47. The van der Waals surface area contributed by atoms with Crippen molar-refractivity contribution in [3.63, 3.8) is 0 Å². The Hall–Kier alpha value is 0.460. The minimum atomic E-state index is -0.198. The fraction of sp³-hybridized carbons (Fsp3) is 0.500. The Morgan fingerprint density at radius 1 is 0.812 bits per heavy atom. The second-order valence-electron chi connectivity index (χ2n) is 7.12. The SMILES string of the molecule is CSCC(O)CSc1ccccc1.OC(CSCC1CSCCS1)CSc1ccccc1. The average Bonchev–Trinajstić information content (AvgIpc) is 2.84. The van der Waals surface area contributed by atoms with Crippen molar-refractivity contribution in [1.29, 1.82) is 0 Å². The lowest BCUT2D eigenvalue weighted by atomic mass is 10.4. The van der Waals surface area contributed by atoms with Crippen molar-refractivity contribution in [2.24, 2.45) is 0 Å². The van der Waals surface area contributed by atoms with Crippen LogP contribution in [0.25, 0.3) is 0 Å². The maximum Gasteiger partial charge on any atom is 0.0724 e. The van der Waals surface area contributed by atoms with Crippen LogP contribution < -0.4 is 0 Å². The van der Waals surface area contributed by atoms with Gasteiger partial charge in [-0.25, -0.2) is 0 Å². The van der Waals surface area contributed by atoms with Crippen LogP contribution in [0.5, 0.6) is 0 Å². The molecule has 1 aliphatic heterocycles. The lowest BCUT2D eigenvalue weighted by molar-refractivity contribution is 0.224. The summed E-state index contributed by atoms with van der Waals surface area (Å²) in [7, 11) is 0. The van der Waals surface area contributed by atoms with E-state index in [1.54, 1.807) is 35.3 Å². The molecule has 2 N–H and O–H groups in total. The molecule has 0 bridgehead atoms. The number of thioether (sulfide) groups is 6. The summed E-state index contributed by atoms with van der Waals surface area (Å²) in [5.74, 6) is 8.33. The zero-order valence-electron chi connectivity index (χ0n) is 18.5. The largest absolute Gasteiger partial charge is 0.391 e. The highest BCUT2D eigenvalue weighted by Crippen LogP contribution is 2.27. The fourth-order valence-electron chi connectivity index (χ4n) is 2.68. The van der Waals surface area contributed by atoms with Crippen molar-refractivity contribution in [3.05, 3.63) is 60.7 Å². The first kappa shape index (κ1) is 28.7. The minimum Gasteiger partial charge on any atom is -0.391 e. The third-order valence-corrected chi connectivity index (χ3v) is 11.6. The molecule has 2 aromatic rings. The van der Waals surface area contributed by atoms with Crippen molar-refractivity contribution in [1.82, 2.24) is 0 Å². The van der Waals surface area contributed by atoms with Gasteiger partial charge in [-0.3, -0.25) is 0 Å². The van der Waals surface area contributed by atoms with Crippen LogP contribution >= 0.6 is 70.6 Å². The second-order valence-corrected chi connectivity index (χ2v) is 13.8. The first-order valence-corrected chi connectivity index (χ1v) is 17.4. The van der Waals surface area contributed by atoms with Gasteiger partial charge >= 0.3 is 0 Å². The molecule has 1 saturated heterocycles. The van der Waals surface area contributed by atoms with Crippen molar-refractivity contribution in [2.45, 2.75) is 27.2 Å². The lowest BCUT2D eigenvalue weighted by Gasteiger charge is -2.20. The molecule has 178 valence electrons. The van der Waals surface area contributed by atoms with Gasteiger partial charge in [0.1, 0.15) is 0 Å². The minimum absolute atomic E-state index is 0.194. The summed E-state index contributed by atoms with van der Waals surface area (Å²) < 4.78 is 0. The van der Waals surface area contributed by atoms with E-state index in [9.17, 15) is 10.2 Å². The third kappa shape index (κ3) is 14.0. The Balaban J connectivity index is 0.000000244. The van der Waals surface area contributed by atoms with E-state index in [0.29, 0.717) is 0 Å². The number of aliphatic hydroxyl groups excluding tert-OH is 2. The molecule has 1 heterocycles. The predicted molar refractivity (Wildman–Crippen MR) is 156 cm³/mol. The molecule has 8 heteroatoms. The van der Waals surface area contributed by atoms with E-state index in [0.717, 1.165) is 28.3 Å². The van der Waals surface area contributed by atoms with Crippen molar-refractivity contribution in [3.8, 4) is 0 Å². The fourth-order valence-corrected chi connectivity index (χ4v) is 9.32. The van der Waals surface area contributed by atoms with Crippen LogP contribution in [-0.4, -0.2) is 79.9 Å². The number of hydrogen-bond acceptors (Lipinski definition) is 8. The molecular formula is C24H34O2S6. The van der Waals surface area contributed by atoms with Gasteiger partial charge in [0.15, 0.2) is 0 Å². The lowest BCUT2D eigenvalue weighted by Crippen LogP contribution is -2.19. The second kappa shape index (κ2) is 18.7. The van der Waals surface area contributed by atoms with Crippen molar-refractivity contribution >= 4 is 70.6 Å². The summed E-state index contributed by atoms with van der Waals surface area (Å²) in [6.45, 7) is 0. The summed E-state index contributed by atoms with van der Waals surface area (Å²) in [5, 5.41) is 20.2. The van der Waals surface area contributed by atoms with E-state index >= 15 is 0 Å². The topological polar surface area (TPSA) is 40.5 Å². The van der Waals surface area contributed by atoms with Gasteiger partial charge < -0.3 is 10.2 Å². The van der Waals surface area contributed by atoms with E-state index in [1.807, 2.05) is 54.4 Å². The van der Waals surface area contributed by atoms with Gasteiger partial charge in [-0.2, -0.15) is 47.0 Å². The Bertz CT molecular complexity index is 685. The van der Waals surface area contributed by atoms with Crippen LogP contribution in [0.2, 0.25) is 0 Å². The number of benzene rings is 2. The van der Waals surface area contributed by atoms with Crippen LogP contribution in [0.15, 0.2) is 70.5 Å². The Morgan fingerprint density at radius 3 is 1.88 bits per heavy atom. The number of hydrogen-bond donors (Lipinski definition) is 2. The first-order valence-electron chi connectivity index (χ1n) is 10.6. The summed E-state index contributed by atoms with van der Waals surface area (Å²) in [6, 6.07) is 20.5. The molecule has 0 radical (unpaired) electrons. The zero-order valence-corrected chi connectivity index (χ0v) is 23.4. The molecule has 0 spiro atoms. The van der Waals surface area contributed by atoms with Crippen LogP contribution in [0.4, 0.5) is 0 Å². The van der Waals surface area contributed by atoms with Crippen LogP contribution in [-0.2, 0) is 0 Å². The smallest absolute Gasteiger partial charge is 0.0724 e. The number of rotatable bonds is 12. The van der Waals surface area contributed by atoms with Gasteiger partial charge in [0, 0.05) is 61.1 Å². The predicted octanol–water partition coefficient (Wildman–Crippen LogP) is 6.22. The average molecular weight is 547 g/mol.